The Balaban J connectivity index is 2.31. The number of anilines is 1. The second kappa shape index (κ2) is 4.40. The van der Waals surface area contributed by atoms with E-state index in [1.165, 1.54) is 16.7 Å². The molecule has 2 aromatic carbocycles. The van der Waals surface area contributed by atoms with Crippen molar-refractivity contribution in [3.63, 3.8) is 0 Å². The van der Waals surface area contributed by atoms with Crippen molar-refractivity contribution in [3.8, 4) is 0 Å². The molecule has 0 aliphatic rings. The SMILES string of the molecule is Cc1cccc([C@@H](C)c2ccc(N)cc2)c1. The molecule has 1 nitrogen and oxygen atoms in total. The van der Waals surface area contributed by atoms with E-state index in [1.54, 1.807) is 0 Å². The number of aryl methyl sites for hydroxylation is 1. The molecule has 82 valence electrons. The van der Waals surface area contributed by atoms with Crippen LogP contribution in [0.1, 0.15) is 29.5 Å². The molecule has 2 N–H and O–H groups in total. The molecular weight excluding hydrogens is 194 g/mol. The molecule has 0 spiro atoms. The van der Waals surface area contributed by atoms with Gasteiger partial charge < -0.3 is 5.73 Å². The first-order valence-corrected chi connectivity index (χ1v) is 5.59. The Labute approximate surface area is 96.9 Å². The van der Waals surface area contributed by atoms with E-state index in [2.05, 4.69) is 50.2 Å². The van der Waals surface area contributed by atoms with Crippen LogP contribution < -0.4 is 5.73 Å². The summed E-state index contributed by atoms with van der Waals surface area (Å²) >= 11 is 0. The zero-order valence-corrected chi connectivity index (χ0v) is 9.77. The maximum atomic E-state index is 5.69. The molecule has 0 bridgehead atoms. The van der Waals surface area contributed by atoms with Gasteiger partial charge >= 0.3 is 0 Å². The van der Waals surface area contributed by atoms with E-state index in [9.17, 15) is 0 Å². The van der Waals surface area contributed by atoms with Gasteiger partial charge in [0, 0.05) is 11.6 Å². The molecule has 2 aromatic rings. The van der Waals surface area contributed by atoms with Crippen LogP contribution in [0.4, 0.5) is 5.69 Å². The zero-order chi connectivity index (χ0) is 11.5. The number of rotatable bonds is 2. The van der Waals surface area contributed by atoms with E-state index < -0.39 is 0 Å². The van der Waals surface area contributed by atoms with Gasteiger partial charge in [-0.3, -0.25) is 0 Å². The summed E-state index contributed by atoms with van der Waals surface area (Å²) in [6.45, 7) is 4.35. The molecule has 2 rings (SSSR count). The summed E-state index contributed by atoms with van der Waals surface area (Å²) in [7, 11) is 0. The van der Waals surface area contributed by atoms with E-state index in [0.29, 0.717) is 5.92 Å². The van der Waals surface area contributed by atoms with Crippen molar-refractivity contribution in [2.45, 2.75) is 19.8 Å². The predicted molar refractivity (Wildman–Crippen MR) is 69.6 cm³/mol. The monoisotopic (exact) mass is 211 g/mol. The Morgan fingerprint density at radius 1 is 0.938 bits per heavy atom. The first kappa shape index (κ1) is 10.7. The number of nitrogens with two attached hydrogens (primary N) is 1. The van der Waals surface area contributed by atoms with E-state index >= 15 is 0 Å². The van der Waals surface area contributed by atoms with Crippen LogP contribution in [-0.4, -0.2) is 0 Å². The number of hydrogen-bond donors (Lipinski definition) is 1. The highest BCUT2D eigenvalue weighted by atomic mass is 14.5. The lowest BCUT2D eigenvalue weighted by atomic mass is 9.92. The van der Waals surface area contributed by atoms with Crippen molar-refractivity contribution < 1.29 is 0 Å². The number of benzene rings is 2. The van der Waals surface area contributed by atoms with Crippen molar-refractivity contribution in [2.24, 2.45) is 0 Å². The predicted octanol–water partition coefficient (Wildman–Crippen LogP) is 3.73. The second-order valence-electron chi connectivity index (χ2n) is 4.30. The molecule has 0 saturated carbocycles. The molecule has 0 aromatic heterocycles. The molecule has 0 aliphatic carbocycles. The summed E-state index contributed by atoms with van der Waals surface area (Å²) in [5.74, 6) is 0.417. The van der Waals surface area contributed by atoms with Crippen LogP contribution in [0.5, 0.6) is 0 Å². The minimum atomic E-state index is 0.417. The maximum absolute atomic E-state index is 5.69. The summed E-state index contributed by atoms with van der Waals surface area (Å²) in [6, 6.07) is 16.8. The molecule has 0 fully saturated rings. The summed E-state index contributed by atoms with van der Waals surface area (Å²) in [4.78, 5) is 0. The van der Waals surface area contributed by atoms with E-state index in [-0.39, 0.29) is 0 Å². The molecule has 0 saturated heterocycles. The molecule has 1 heteroatoms. The molecule has 16 heavy (non-hydrogen) atoms. The van der Waals surface area contributed by atoms with Crippen molar-refractivity contribution in [3.05, 3.63) is 65.2 Å². The average Bonchev–Trinajstić information content (AvgIpc) is 2.29. The maximum Gasteiger partial charge on any atom is 0.0314 e. The van der Waals surface area contributed by atoms with Gasteiger partial charge in [-0.2, -0.15) is 0 Å². The van der Waals surface area contributed by atoms with Crippen molar-refractivity contribution >= 4 is 5.69 Å². The van der Waals surface area contributed by atoms with Gasteiger partial charge in [-0.15, -0.1) is 0 Å². The largest absolute Gasteiger partial charge is 0.399 e. The quantitative estimate of drug-likeness (QED) is 0.752. The van der Waals surface area contributed by atoms with Gasteiger partial charge in [0.05, 0.1) is 0 Å². The van der Waals surface area contributed by atoms with Crippen LogP contribution >= 0.6 is 0 Å². The van der Waals surface area contributed by atoms with Crippen LogP contribution in [0.2, 0.25) is 0 Å². The normalized spacial score (nSPS) is 12.4. The van der Waals surface area contributed by atoms with E-state index in [1.807, 2.05) is 12.1 Å². The standard InChI is InChI=1S/C15H17N/c1-11-4-3-5-14(10-11)12(2)13-6-8-15(16)9-7-13/h3-10,12H,16H2,1-2H3/t12-/m0/s1. The third kappa shape index (κ3) is 2.25. The summed E-state index contributed by atoms with van der Waals surface area (Å²) in [5.41, 5.74) is 10.5. The molecule has 0 heterocycles. The lowest BCUT2D eigenvalue weighted by Crippen LogP contribution is -1.96. The summed E-state index contributed by atoms with van der Waals surface area (Å²) < 4.78 is 0. The third-order valence-corrected chi connectivity index (χ3v) is 2.98. The lowest BCUT2D eigenvalue weighted by Gasteiger charge is -2.13. The highest BCUT2D eigenvalue weighted by molar-refractivity contribution is 5.42. The van der Waals surface area contributed by atoms with Crippen LogP contribution in [0.15, 0.2) is 48.5 Å². The summed E-state index contributed by atoms with van der Waals surface area (Å²) in [6.07, 6.45) is 0. The molecular formula is C15H17N. The van der Waals surface area contributed by atoms with Gasteiger partial charge in [0.15, 0.2) is 0 Å². The fourth-order valence-electron chi connectivity index (χ4n) is 1.92. The Bertz CT molecular complexity index is 471. The minimum Gasteiger partial charge on any atom is -0.399 e. The van der Waals surface area contributed by atoms with Crippen LogP contribution in [0.25, 0.3) is 0 Å². The number of hydrogen-bond acceptors (Lipinski definition) is 1. The fraction of sp³-hybridized carbons (Fsp3) is 0.200. The van der Waals surface area contributed by atoms with Gasteiger partial charge in [-0.05, 0) is 30.2 Å². The van der Waals surface area contributed by atoms with Gasteiger partial charge in [-0.1, -0.05) is 48.9 Å². The van der Waals surface area contributed by atoms with Gasteiger partial charge in [0.2, 0.25) is 0 Å². The van der Waals surface area contributed by atoms with Gasteiger partial charge in [-0.25, -0.2) is 0 Å². The highest BCUT2D eigenvalue weighted by Crippen LogP contribution is 2.25. The Morgan fingerprint density at radius 3 is 2.25 bits per heavy atom. The Hall–Kier alpha value is -1.76. The fourth-order valence-corrected chi connectivity index (χ4v) is 1.92. The van der Waals surface area contributed by atoms with Crippen LogP contribution in [-0.2, 0) is 0 Å². The second-order valence-corrected chi connectivity index (χ2v) is 4.30. The first-order chi connectivity index (χ1) is 7.66. The van der Waals surface area contributed by atoms with E-state index in [4.69, 9.17) is 5.73 Å². The Morgan fingerprint density at radius 2 is 1.62 bits per heavy atom. The first-order valence-electron chi connectivity index (χ1n) is 5.59. The number of nitrogen functional groups attached to an aromatic ring is 1. The smallest absolute Gasteiger partial charge is 0.0314 e. The average molecular weight is 211 g/mol. The molecule has 1 atom stereocenters. The summed E-state index contributed by atoms with van der Waals surface area (Å²) in [5, 5.41) is 0. The van der Waals surface area contributed by atoms with Crippen molar-refractivity contribution in [1.29, 1.82) is 0 Å². The minimum absolute atomic E-state index is 0.417. The van der Waals surface area contributed by atoms with Crippen molar-refractivity contribution in [1.82, 2.24) is 0 Å². The highest BCUT2D eigenvalue weighted by Gasteiger charge is 2.07. The molecule has 0 radical (unpaired) electrons. The van der Waals surface area contributed by atoms with Crippen molar-refractivity contribution in [2.75, 3.05) is 5.73 Å². The van der Waals surface area contributed by atoms with Crippen LogP contribution in [0, 0.1) is 6.92 Å². The topological polar surface area (TPSA) is 26.0 Å². The third-order valence-electron chi connectivity index (χ3n) is 2.98. The molecule has 0 aliphatic heterocycles. The van der Waals surface area contributed by atoms with Crippen LogP contribution in [0.3, 0.4) is 0 Å². The lowest BCUT2D eigenvalue weighted by molar-refractivity contribution is 0.920. The van der Waals surface area contributed by atoms with E-state index in [0.717, 1.165) is 5.69 Å². The molecule has 0 amide bonds. The van der Waals surface area contributed by atoms with Gasteiger partial charge in [0.25, 0.3) is 0 Å². The van der Waals surface area contributed by atoms with Gasteiger partial charge in [0.1, 0.15) is 0 Å². The molecule has 0 unspecified atom stereocenters. The Kier molecular flexibility index (Phi) is 2.95. The zero-order valence-electron chi connectivity index (χ0n) is 9.77.